The Kier molecular flexibility index (Phi) is 4.58. The van der Waals surface area contributed by atoms with Crippen LogP contribution < -0.4 is 4.80 Å². The smallest absolute Gasteiger partial charge is 0.285 e. The number of nitrogens with zero attached hydrogens (tertiary/aromatic N) is 2. The van der Waals surface area contributed by atoms with Gasteiger partial charge in [0.15, 0.2) is 0 Å². The Balaban J connectivity index is 2.23. The molecule has 0 atom stereocenters. The van der Waals surface area contributed by atoms with Gasteiger partial charge in [-0.15, -0.1) is 11.0 Å². The fourth-order valence-electron chi connectivity index (χ4n) is 2.18. The van der Waals surface area contributed by atoms with Crippen molar-refractivity contribution < 1.29 is 12.8 Å². The van der Waals surface area contributed by atoms with Crippen LogP contribution in [0.3, 0.4) is 0 Å². The predicted molar refractivity (Wildman–Crippen MR) is 94.2 cm³/mol. The van der Waals surface area contributed by atoms with Crippen LogP contribution in [0.15, 0.2) is 64.4 Å². The van der Waals surface area contributed by atoms with Crippen LogP contribution in [-0.2, 0) is 16.6 Å². The summed E-state index contributed by atoms with van der Waals surface area (Å²) in [4.78, 5) is 0.297. The highest BCUT2D eigenvalue weighted by molar-refractivity contribution is 7.90. The van der Waals surface area contributed by atoms with E-state index in [1.807, 2.05) is 0 Å². The summed E-state index contributed by atoms with van der Waals surface area (Å²) in [5, 5.41) is 0.438. The molecule has 2 aromatic carbocycles. The molecular weight excluding hydrogens is 371 g/mol. The zero-order chi connectivity index (χ0) is 17.3. The van der Waals surface area contributed by atoms with Crippen molar-refractivity contribution in [2.24, 2.45) is 4.40 Å². The lowest BCUT2D eigenvalue weighted by Gasteiger charge is -2.02. The molecule has 0 N–H and O–H groups in total. The molecule has 0 spiro atoms. The van der Waals surface area contributed by atoms with Crippen LogP contribution in [0.2, 0.25) is 5.02 Å². The van der Waals surface area contributed by atoms with E-state index in [0.29, 0.717) is 21.8 Å². The highest BCUT2D eigenvalue weighted by Gasteiger charge is 2.14. The van der Waals surface area contributed by atoms with Crippen molar-refractivity contribution in [1.29, 1.82) is 0 Å². The average molecular weight is 383 g/mol. The maximum absolute atomic E-state index is 13.4. The summed E-state index contributed by atoms with van der Waals surface area (Å²) < 4.78 is 44.6. The van der Waals surface area contributed by atoms with Crippen molar-refractivity contribution >= 4 is 43.2 Å². The summed E-state index contributed by atoms with van der Waals surface area (Å²) in [6.45, 7) is 4.03. The summed E-state index contributed by atoms with van der Waals surface area (Å²) in [7, 11) is -3.90. The molecule has 0 fully saturated rings. The van der Waals surface area contributed by atoms with E-state index in [2.05, 4.69) is 11.0 Å². The van der Waals surface area contributed by atoms with Gasteiger partial charge in [-0.05, 0) is 42.5 Å². The topological polar surface area (TPSA) is 51.4 Å². The lowest BCUT2D eigenvalue weighted by atomic mass is 10.3. The molecule has 0 saturated heterocycles. The van der Waals surface area contributed by atoms with Crippen LogP contribution in [0.25, 0.3) is 10.2 Å². The van der Waals surface area contributed by atoms with Gasteiger partial charge in [-0.3, -0.25) is 0 Å². The first-order valence-corrected chi connectivity index (χ1v) is 9.50. The predicted octanol–water partition coefficient (Wildman–Crippen LogP) is 3.97. The second-order valence-electron chi connectivity index (χ2n) is 4.92. The van der Waals surface area contributed by atoms with E-state index in [-0.39, 0.29) is 15.5 Å². The van der Waals surface area contributed by atoms with E-state index in [4.69, 9.17) is 11.6 Å². The Morgan fingerprint density at radius 2 is 1.96 bits per heavy atom. The van der Waals surface area contributed by atoms with E-state index in [9.17, 15) is 12.8 Å². The molecule has 1 heterocycles. The molecule has 0 aliphatic rings. The maximum Gasteiger partial charge on any atom is 0.285 e. The third-order valence-electron chi connectivity index (χ3n) is 3.27. The summed E-state index contributed by atoms with van der Waals surface area (Å²) in [6.07, 6.45) is 1.63. The Labute approximate surface area is 147 Å². The SMILES string of the molecule is C=CCn1c(=NS(=O)(=O)c2ccc(Cl)cc2)sc2cc(F)ccc21. The zero-order valence-corrected chi connectivity index (χ0v) is 14.7. The van der Waals surface area contributed by atoms with E-state index in [1.54, 1.807) is 16.7 Å². The zero-order valence-electron chi connectivity index (χ0n) is 12.3. The number of hydrogen-bond donors (Lipinski definition) is 0. The van der Waals surface area contributed by atoms with Gasteiger partial charge in [0.05, 0.1) is 15.1 Å². The minimum Gasteiger partial charge on any atom is -0.312 e. The monoisotopic (exact) mass is 382 g/mol. The first kappa shape index (κ1) is 16.9. The van der Waals surface area contributed by atoms with Gasteiger partial charge < -0.3 is 4.57 Å². The highest BCUT2D eigenvalue weighted by Crippen LogP contribution is 2.20. The molecule has 124 valence electrons. The van der Waals surface area contributed by atoms with Crippen LogP contribution in [0.5, 0.6) is 0 Å². The van der Waals surface area contributed by atoms with Crippen molar-refractivity contribution in [2.45, 2.75) is 11.4 Å². The molecule has 0 aliphatic carbocycles. The largest absolute Gasteiger partial charge is 0.312 e. The standard InChI is InChI=1S/C16H12ClFN2O2S2/c1-2-9-20-14-8-5-12(18)10-15(14)23-16(20)19-24(21,22)13-6-3-11(17)4-7-13/h2-8,10H,1,9H2. The molecule has 1 aromatic heterocycles. The third-order valence-corrected chi connectivity index (χ3v) is 5.96. The lowest BCUT2D eigenvalue weighted by molar-refractivity contribution is 0.596. The van der Waals surface area contributed by atoms with E-state index < -0.39 is 10.0 Å². The van der Waals surface area contributed by atoms with E-state index in [0.717, 1.165) is 11.3 Å². The number of fused-ring (bicyclic) bond motifs is 1. The molecule has 4 nitrogen and oxygen atoms in total. The van der Waals surface area contributed by atoms with Crippen molar-refractivity contribution in [3.8, 4) is 0 Å². The first-order chi connectivity index (χ1) is 11.4. The molecule has 0 unspecified atom stereocenters. The van der Waals surface area contributed by atoms with Gasteiger partial charge in [0.2, 0.25) is 4.80 Å². The summed E-state index contributed by atoms with van der Waals surface area (Å²) in [5.41, 5.74) is 0.700. The van der Waals surface area contributed by atoms with Crippen molar-refractivity contribution in [2.75, 3.05) is 0 Å². The van der Waals surface area contributed by atoms with Gasteiger partial charge in [0.25, 0.3) is 10.0 Å². The number of hydrogen-bond acceptors (Lipinski definition) is 3. The number of allylic oxidation sites excluding steroid dienone is 1. The second kappa shape index (κ2) is 6.51. The molecule has 0 aliphatic heterocycles. The second-order valence-corrected chi connectivity index (χ2v) is 7.97. The summed E-state index contributed by atoms with van der Waals surface area (Å²) in [5.74, 6) is -0.387. The maximum atomic E-state index is 13.4. The lowest BCUT2D eigenvalue weighted by Crippen LogP contribution is -2.16. The quantitative estimate of drug-likeness (QED) is 0.641. The van der Waals surface area contributed by atoms with Crippen molar-refractivity contribution in [1.82, 2.24) is 4.57 Å². The molecular formula is C16H12ClFN2O2S2. The Morgan fingerprint density at radius 3 is 2.62 bits per heavy atom. The van der Waals surface area contributed by atoms with Crippen molar-refractivity contribution in [3.05, 3.63) is 70.8 Å². The number of halogens is 2. The van der Waals surface area contributed by atoms with Gasteiger partial charge in [0.1, 0.15) is 5.82 Å². The highest BCUT2D eigenvalue weighted by atomic mass is 35.5. The first-order valence-electron chi connectivity index (χ1n) is 6.87. The molecule has 0 saturated carbocycles. The number of sulfonamides is 1. The normalized spacial score (nSPS) is 12.7. The van der Waals surface area contributed by atoms with Crippen LogP contribution in [-0.4, -0.2) is 13.0 Å². The van der Waals surface area contributed by atoms with Gasteiger partial charge in [0, 0.05) is 11.6 Å². The third kappa shape index (κ3) is 3.28. The molecule has 0 bridgehead atoms. The minimum atomic E-state index is -3.90. The Bertz CT molecular complexity index is 1080. The van der Waals surface area contributed by atoms with Crippen LogP contribution in [0, 0.1) is 5.82 Å². The van der Waals surface area contributed by atoms with Crippen LogP contribution >= 0.6 is 22.9 Å². The molecule has 8 heteroatoms. The number of benzene rings is 2. The van der Waals surface area contributed by atoms with Crippen LogP contribution in [0.1, 0.15) is 0 Å². The fraction of sp³-hybridized carbons (Fsp3) is 0.0625. The number of rotatable bonds is 4. The van der Waals surface area contributed by atoms with E-state index >= 15 is 0 Å². The molecule has 0 radical (unpaired) electrons. The molecule has 3 aromatic rings. The minimum absolute atomic E-state index is 0.0423. The summed E-state index contributed by atoms with van der Waals surface area (Å²) >= 11 is 6.89. The number of thiazole rings is 1. The van der Waals surface area contributed by atoms with Gasteiger partial charge in [-0.2, -0.15) is 8.42 Å². The van der Waals surface area contributed by atoms with Gasteiger partial charge in [-0.1, -0.05) is 29.0 Å². The average Bonchev–Trinajstić information content (AvgIpc) is 2.84. The van der Waals surface area contributed by atoms with Gasteiger partial charge >= 0.3 is 0 Å². The molecule has 24 heavy (non-hydrogen) atoms. The van der Waals surface area contributed by atoms with Crippen molar-refractivity contribution in [3.63, 3.8) is 0 Å². The molecule has 0 amide bonds. The number of aromatic nitrogens is 1. The summed E-state index contributed by atoms with van der Waals surface area (Å²) in [6, 6.07) is 10.0. The molecule has 3 rings (SSSR count). The fourth-order valence-corrected chi connectivity index (χ4v) is 4.58. The Hall–Kier alpha value is -1.96. The van der Waals surface area contributed by atoms with E-state index in [1.165, 1.54) is 36.4 Å². The Morgan fingerprint density at radius 1 is 1.25 bits per heavy atom. The van der Waals surface area contributed by atoms with Gasteiger partial charge in [-0.25, -0.2) is 4.39 Å². The van der Waals surface area contributed by atoms with Crippen LogP contribution in [0.4, 0.5) is 4.39 Å².